The maximum atomic E-state index is 11.3. The van der Waals surface area contributed by atoms with Crippen molar-refractivity contribution in [1.82, 2.24) is 0 Å². The number of benzene rings is 2. The van der Waals surface area contributed by atoms with Crippen LogP contribution >= 0.6 is 23.2 Å². The van der Waals surface area contributed by atoms with Crippen molar-refractivity contribution >= 4 is 35.0 Å². The number of hydrogen-bond donors (Lipinski definition) is 1. The quantitative estimate of drug-likeness (QED) is 0.683. The average molecular weight is 311 g/mol. The predicted molar refractivity (Wildman–Crippen MR) is 74.9 cm³/mol. The molecule has 4 nitrogen and oxygen atoms in total. The third kappa shape index (κ3) is 3.29. The predicted octanol–water partition coefficient (Wildman–Crippen LogP) is 4.05. The minimum Gasteiger partial charge on any atom is -0.475 e. The van der Waals surface area contributed by atoms with E-state index in [-0.39, 0.29) is 10.6 Å². The molecule has 2 rings (SSSR count). The number of carbonyl (C=O) groups is 2. The van der Waals surface area contributed by atoms with E-state index in [0.717, 1.165) is 0 Å². The van der Waals surface area contributed by atoms with Crippen LogP contribution in [0, 0.1) is 0 Å². The van der Waals surface area contributed by atoms with Crippen molar-refractivity contribution in [3.8, 4) is 11.5 Å². The Morgan fingerprint density at radius 1 is 1.00 bits per heavy atom. The number of carboxylic acid groups (broad SMARTS) is 1. The molecule has 1 N–H and O–H groups in total. The molecule has 6 heteroatoms. The number of halogens is 2. The third-order valence-corrected chi connectivity index (χ3v) is 2.96. The summed E-state index contributed by atoms with van der Waals surface area (Å²) in [5.74, 6) is -1.75. The van der Waals surface area contributed by atoms with Gasteiger partial charge in [0.2, 0.25) is 0 Å². The van der Waals surface area contributed by atoms with Crippen LogP contribution in [0.15, 0.2) is 42.5 Å². The highest BCUT2D eigenvalue weighted by atomic mass is 35.5. The monoisotopic (exact) mass is 310 g/mol. The lowest BCUT2D eigenvalue weighted by molar-refractivity contribution is -0.131. The summed E-state index contributed by atoms with van der Waals surface area (Å²) < 4.78 is 5.51. The molecule has 0 bridgehead atoms. The van der Waals surface area contributed by atoms with Crippen molar-refractivity contribution in [2.75, 3.05) is 0 Å². The summed E-state index contributed by atoms with van der Waals surface area (Å²) in [7, 11) is 0. The zero-order valence-corrected chi connectivity index (χ0v) is 11.5. The maximum absolute atomic E-state index is 11.3. The van der Waals surface area contributed by atoms with Crippen LogP contribution in [0.2, 0.25) is 10.0 Å². The van der Waals surface area contributed by atoms with Crippen molar-refractivity contribution in [3.05, 3.63) is 58.1 Å². The van der Waals surface area contributed by atoms with Crippen LogP contribution in [0.3, 0.4) is 0 Å². The first-order valence-electron chi connectivity index (χ1n) is 5.48. The molecule has 20 heavy (non-hydrogen) atoms. The molecule has 0 fully saturated rings. The summed E-state index contributed by atoms with van der Waals surface area (Å²) >= 11 is 11.7. The minimum absolute atomic E-state index is 0.0110. The van der Waals surface area contributed by atoms with Crippen molar-refractivity contribution in [2.24, 2.45) is 0 Å². The lowest BCUT2D eigenvalue weighted by Gasteiger charge is -2.07. The number of ketones is 1. The summed E-state index contributed by atoms with van der Waals surface area (Å²) in [5, 5.41) is 9.17. The van der Waals surface area contributed by atoms with E-state index in [1.165, 1.54) is 18.2 Å². The van der Waals surface area contributed by atoms with Crippen LogP contribution in [-0.4, -0.2) is 16.9 Å². The topological polar surface area (TPSA) is 63.6 Å². The molecule has 2 aromatic carbocycles. The molecule has 2 aromatic rings. The highest BCUT2D eigenvalue weighted by molar-refractivity contribution is 6.45. The highest BCUT2D eigenvalue weighted by Gasteiger charge is 2.18. The number of carboxylic acids is 1. The van der Waals surface area contributed by atoms with Crippen LogP contribution in [0.1, 0.15) is 10.4 Å². The molecule has 0 aliphatic rings. The molecule has 0 spiro atoms. The number of carbonyl (C=O) groups excluding carboxylic acids is 1. The number of ether oxygens (including phenoxy) is 1. The molecule has 0 saturated carbocycles. The second-order valence-electron chi connectivity index (χ2n) is 3.84. The first-order valence-corrected chi connectivity index (χ1v) is 6.23. The second-order valence-corrected chi connectivity index (χ2v) is 4.68. The number of aliphatic carboxylic acids is 1. The number of hydrogen-bond acceptors (Lipinski definition) is 3. The Hall–Kier alpha value is -2.04. The SMILES string of the molecule is O=C(O)C(=O)c1ccc(Oc2cccc(Cl)c2)cc1Cl. The van der Waals surface area contributed by atoms with Gasteiger partial charge in [-0.3, -0.25) is 4.79 Å². The van der Waals surface area contributed by atoms with Crippen molar-refractivity contribution in [3.63, 3.8) is 0 Å². The van der Waals surface area contributed by atoms with Gasteiger partial charge in [0.1, 0.15) is 11.5 Å². The molecule has 0 aromatic heterocycles. The largest absolute Gasteiger partial charge is 0.475 e. The van der Waals surface area contributed by atoms with E-state index in [0.29, 0.717) is 16.5 Å². The standard InChI is InChI=1S/C14H8Cl2O4/c15-8-2-1-3-9(6-8)20-10-4-5-11(12(16)7-10)13(17)14(18)19/h1-7H,(H,18,19). The number of rotatable bonds is 4. The Balaban J connectivity index is 2.25. The smallest absolute Gasteiger partial charge is 0.377 e. The summed E-state index contributed by atoms with van der Waals surface area (Å²) in [6, 6.07) is 10.9. The van der Waals surface area contributed by atoms with Crippen molar-refractivity contribution < 1.29 is 19.4 Å². The Morgan fingerprint density at radius 2 is 1.70 bits per heavy atom. The van der Waals surface area contributed by atoms with Crippen LogP contribution in [0.4, 0.5) is 0 Å². The van der Waals surface area contributed by atoms with E-state index in [1.54, 1.807) is 24.3 Å². The summed E-state index contributed by atoms with van der Waals surface area (Å²) in [6.07, 6.45) is 0. The van der Waals surface area contributed by atoms with E-state index in [2.05, 4.69) is 0 Å². The van der Waals surface area contributed by atoms with E-state index in [4.69, 9.17) is 33.0 Å². The fraction of sp³-hybridized carbons (Fsp3) is 0. The van der Waals surface area contributed by atoms with Gasteiger partial charge in [0.15, 0.2) is 0 Å². The first-order chi connectivity index (χ1) is 9.47. The van der Waals surface area contributed by atoms with Crippen molar-refractivity contribution in [2.45, 2.75) is 0 Å². The van der Waals surface area contributed by atoms with E-state index in [9.17, 15) is 9.59 Å². The normalized spacial score (nSPS) is 10.1. The average Bonchev–Trinajstić information content (AvgIpc) is 2.38. The van der Waals surface area contributed by atoms with E-state index >= 15 is 0 Å². The Morgan fingerprint density at radius 3 is 2.30 bits per heavy atom. The fourth-order valence-electron chi connectivity index (χ4n) is 1.53. The lowest BCUT2D eigenvalue weighted by Crippen LogP contribution is -2.13. The van der Waals surface area contributed by atoms with E-state index in [1.807, 2.05) is 0 Å². The molecular weight excluding hydrogens is 303 g/mol. The van der Waals surface area contributed by atoms with Crippen LogP contribution in [0.5, 0.6) is 11.5 Å². The van der Waals surface area contributed by atoms with Gasteiger partial charge in [0, 0.05) is 16.7 Å². The maximum Gasteiger partial charge on any atom is 0.377 e. The van der Waals surface area contributed by atoms with Crippen molar-refractivity contribution in [1.29, 1.82) is 0 Å². The third-order valence-electron chi connectivity index (χ3n) is 2.41. The molecule has 0 aliphatic heterocycles. The highest BCUT2D eigenvalue weighted by Crippen LogP contribution is 2.28. The molecule has 0 heterocycles. The van der Waals surface area contributed by atoms with Gasteiger partial charge >= 0.3 is 5.97 Å². The van der Waals surface area contributed by atoms with Gasteiger partial charge in [0.05, 0.1) is 5.02 Å². The Labute approximate surface area is 124 Å². The van der Waals surface area contributed by atoms with E-state index < -0.39 is 11.8 Å². The van der Waals surface area contributed by atoms with Crippen LogP contribution in [0.25, 0.3) is 0 Å². The zero-order chi connectivity index (χ0) is 14.7. The summed E-state index contributed by atoms with van der Waals surface area (Å²) in [5.41, 5.74) is -0.0855. The van der Waals surface area contributed by atoms with Gasteiger partial charge in [-0.2, -0.15) is 0 Å². The molecule has 0 aliphatic carbocycles. The Bertz CT molecular complexity index is 683. The first kappa shape index (κ1) is 14.4. The lowest BCUT2D eigenvalue weighted by atomic mass is 10.1. The zero-order valence-electron chi connectivity index (χ0n) is 9.97. The van der Waals surface area contributed by atoms with Gasteiger partial charge in [-0.25, -0.2) is 4.79 Å². The molecule has 0 unspecified atom stereocenters. The minimum atomic E-state index is -1.56. The number of Topliss-reactive ketones (excluding diaryl/α,β-unsaturated/α-hetero) is 1. The molecule has 102 valence electrons. The van der Waals surface area contributed by atoms with Gasteiger partial charge in [-0.05, 0) is 30.3 Å². The van der Waals surface area contributed by atoms with Gasteiger partial charge in [-0.1, -0.05) is 29.3 Å². The fourth-order valence-corrected chi connectivity index (χ4v) is 1.96. The summed E-state index contributed by atoms with van der Waals surface area (Å²) in [6.45, 7) is 0. The molecular formula is C14H8Cl2O4. The molecule has 0 radical (unpaired) electrons. The molecule has 0 amide bonds. The van der Waals surface area contributed by atoms with Crippen LogP contribution in [-0.2, 0) is 4.79 Å². The Kier molecular flexibility index (Phi) is 4.27. The van der Waals surface area contributed by atoms with Gasteiger partial charge in [0.25, 0.3) is 5.78 Å². The molecule has 0 saturated heterocycles. The van der Waals surface area contributed by atoms with Crippen LogP contribution < -0.4 is 4.74 Å². The van der Waals surface area contributed by atoms with Gasteiger partial charge in [-0.15, -0.1) is 0 Å². The second kappa shape index (κ2) is 5.94. The summed E-state index contributed by atoms with van der Waals surface area (Å²) in [4.78, 5) is 21.9. The molecule has 0 atom stereocenters. The van der Waals surface area contributed by atoms with Gasteiger partial charge < -0.3 is 9.84 Å².